The Balaban J connectivity index is 2.20. The lowest BCUT2D eigenvalue weighted by molar-refractivity contribution is 0.0763. The van der Waals surface area contributed by atoms with E-state index in [1.807, 2.05) is 11.8 Å². The average Bonchev–Trinajstić information content (AvgIpc) is 2.60. The van der Waals surface area contributed by atoms with Crippen LogP contribution in [0.1, 0.15) is 16.8 Å². The SMILES string of the molecule is O=C(c1cccc(Br)c1F)N1CCCSCC1. The van der Waals surface area contributed by atoms with Crippen molar-refractivity contribution >= 4 is 33.6 Å². The number of halogens is 2. The zero-order chi connectivity index (χ0) is 12.3. The third-order valence-electron chi connectivity index (χ3n) is 2.69. The summed E-state index contributed by atoms with van der Waals surface area (Å²) in [7, 11) is 0. The van der Waals surface area contributed by atoms with Gasteiger partial charge < -0.3 is 4.90 Å². The average molecular weight is 318 g/mol. The highest BCUT2D eigenvalue weighted by Crippen LogP contribution is 2.21. The van der Waals surface area contributed by atoms with Gasteiger partial charge in [-0.25, -0.2) is 4.39 Å². The van der Waals surface area contributed by atoms with Gasteiger partial charge >= 0.3 is 0 Å². The molecule has 2 rings (SSSR count). The van der Waals surface area contributed by atoms with Crippen LogP contribution in [0.3, 0.4) is 0 Å². The van der Waals surface area contributed by atoms with Crippen LogP contribution in [0.2, 0.25) is 0 Å². The molecule has 0 aliphatic carbocycles. The van der Waals surface area contributed by atoms with E-state index in [0.717, 1.165) is 24.5 Å². The first-order valence-electron chi connectivity index (χ1n) is 5.51. The number of carbonyl (C=O) groups is 1. The summed E-state index contributed by atoms with van der Waals surface area (Å²) in [5.74, 6) is 1.34. The summed E-state index contributed by atoms with van der Waals surface area (Å²) >= 11 is 4.95. The zero-order valence-corrected chi connectivity index (χ0v) is 11.7. The molecule has 5 heteroatoms. The monoisotopic (exact) mass is 317 g/mol. The van der Waals surface area contributed by atoms with Gasteiger partial charge in [0.2, 0.25) is 0 Å². The summed E-state index contributed by atoms with van der Waals surface area (Å²) in [6.45, 7) is 1.42. The third-order valence-corrected chi connectivity index (χ3v) is 4.35. The Morgan fingerprint density at radius 2 is 2.18 bits per heavy atom. The predicted octanol–water partition coefficient (Wildman–Crippen LogP) is 3.17. The Morgan fingerprint density at radius 1 is 1.35 bits per heavy atom. The van der Waals surface area contributed by atoms with Crippen molar-refractivity contribution in [1.29, 1.82) is 0 Å². The maximum absolute atomic E-state index is 13.8. The van der Waals surface area contributed by atoms with Crippen LogP contribution in [0.15, 0.2) is 22.7 Å². The van der Waals surface area contributed by atoms with E-state index in [4.69, 9.17) is 0 Å². The van der Waals surface area contributed by atoms with Gasteiger partial charge in [0.1, 0.15) is 5.82 Å². The molecule has 1 aromatic carbocycles. The summed E-state index contributed by atoms with van der Waals surface area (Å²) in [4.78, 5) is 13.9. The number of hydrogen-bond acceptors (Lipinski definition) is 2. The Labute approximate surface area is 113 Å². The maximum Gasteiger partial charge on any atom is 0.256 e. The number of rotatable bonds is 1. The van der Waals surface area contributed by atoms with Gasteiger partial charge in [0.15, 0.2) is 0 Å². The molecular weight excluding hydrogens is 305 g/mol. The van der Waals surface area contributed by atoms with Crippen molar-refractivity contribution in [2.24, 2.45) is 0 Å². The van der Waals surface area contributed by atoms with Crippen LogP contribution in [-0.4, -0.2) is 35.4 Å². The molecule has 0 spiro atoms. The van der Waals surface area contributed by atoms with Crippen molar-refractivity contribution < 1.29 is 9.18 Å². The van der Waals surface area contributed by atoms with Crippen LogP contribution in [0.5, 0.6) is 0 Å². The molecule has 0 N–H and O–H groups in total. The minimum Gasteiger partial charge on any atom is -0.338 e. The summed E-state index contributed by atoms with van der Waals surface area (Å²) in [6, 6.07) is 4.83. The zero-order valence-electron chi connectivity index (χ0n) is 9.29. The number of benzene rings is 1. The summed E-state index contributed by atoms with van der Waals surface area (Å²) in [5, 5.41) is 0. The first-order chi connectivity index (χ1) is 8.20. The van der Waals surface area contributed by atoms with Gasteiger partial charge in [0.25, 0.3) is 5.91 Å². The van der Waals surface area contributed by atoms with Gasteiger partial charge in [-0.15, -0.1) is 0 Å². The van der Waals surface area contributed by atoms with Crippen LogP contribution in [0, 0.1) is 5.82 Å². The highest BCUT2D eigenvalue weighted by atomic mass is 79.9. The van der Waals surface area contributed by atoms with E-state index in [1.165, 1.54) is 0 Å². The highest BCUT2D eigenvalue weighted by molar-refractivity contribution is 9.10. The van der Waals surface area contributed by atoms with Crippen LogP contribution in [0.4, 0.5) is 4.39 Å². The number of amides is 1. The lowest BCUT2D eigenvalue weighted by Crippen LogP contribution is -2.33. The molecule has 92 valence electrons. The van der Waals surface area contributed by atoms with Gasteiger partial charge in [0, 0.05) is 18.8 Å². The smallest absolute Gasteiger partial charge is 0.256 e. The maximum atomic E-state index is 13.8. The first kappa shape index (κ1) is 12.9. The van der Waals surface area contributed by atoms with E-state index in [9.17, 15) is 9.18 Å². The fraction of sp³-hybridized carbons (Fsp3) is 0.417. The molecule has 0 bridgehead atoms. The molecule has 1 fully saturated rings. The minimum absolute atomic E-state index is 0.159. The fourth-order valence-corrected chi connectivity index (χ4v) is 3.04. The molecule has 0 radical (unpaired) electrons. The van der Waals surface area contributed by atoms with Gasteiger partial charge in [-0.2, -0.15) is 11.8 Å². The molecule has 1 aliphatic rings. The molecule has 1 saturated heterocycles. The van der Waals surface area contributed by atoms with Crippen molar-refractivity contribution in [3.63, 3.8) is 0 Å². The standard InChI is InChI=1S/C12H13BrFNOS/c13-10-4-1-3-9(11(10)14)12(16)15-5-2-7-17-8-6-15/h1,3-4H,2,5-8H2. The lowest BCUT2D eigenvalue weighted by atomic mass is 10.2. The highest BCUT2D eigenvalue weighted by Gasteiger charge is 2.21. The summed E-state index contributed by atoms with van der Waals surface area (Å²) in [6.07, 6.45) is 0.978. The number of nitrogens with zero attached hydrogens (tertiary/aromatic N) is 1. The summed E-state index contributed by atoms with van der Waals surface area (Å²) in [5.41, 5.74) is 0.159. The molecular formula is C12H13BrFNOS. The Bertz CT molecular complexity index is 419. The van der Waals surface area contributed by atoms with E-state index in [1.54, 1.807) is 23.1 Å². The lowest BCUT2D eigenvalue weighted by Gasteiger charge is -2.20. The van der Waals surface area contributed by atoms with E-state index in [0.29, 0.717) is 11.0 Å². The molecule has 1 heterocycles. The van der Waals surface area contributed by atoms with Crippen molar-refractivity contribution in [2.75, 3.05) is 24.6 Å². The van der Waals surface area contributed by atoms with E-state index in [2.05, 4.69) is 15.9 Å². The fourth-order valence-electron chi connectivity index (χ4n) is 1.79. The van der Waals surface area contributed by atoms with Crippen molar-refractivity contribution in [3.05, 3.63) is 34.1 Å². The van der Waals surface area contributed by atoms with Crippen LogP contribution >= 0.6 is 27.7 Å². The van der Waals surface area contributed by atoms with E-state index < -0.39 is 5.82 Å². The Hall–Kier alpha value is -0.550. The van der Waals surface area contributed by atoms with Gasteiger partial charge in [-0.3, -0.25) is 4.79 Å². The molecule has 1 aromatic rings. The Kier molecular flexibility index (Phi) is 4.45. The Morgan fingerprint density at radius 3 is 3.00 bits per heavy atom. The molecule has 0 saturated carbocycles. The second kappa shape index (κ2) is 5.87. The number of hydrogen-bond donors (Lipinski definition) is 0. The van der Waals surface area contributed by atoms with Crippen molar-refractivity contribution in [3.8, 4) is 0 Å². The molecule has 0 unspecified atom stereocenters. The van der Waals surface area contributed by atoms with E-state index in [-0.39, 0.29) is 11.5 Å². The topological polar surface area (TPSA) is 20.3 Å². The quantitative estimate of drug-likeness (QED) is 0.793. The molecule has 1 amide bonds. The van der Waals surface area contributed by atoms with Crippen LogP contribution in [0.25, 0.3) is 0 Å². The second-order valence-corrected chi connectivity index (χ2v) is 5.94. The molecule has 0 atom stereocenters. The molecule has 0 aromatic heterocycles. The third kappa shape index (κ3) is 3.01. The number of thioether (sulfide) groups is 1. The molecule has 1 aliphatic heterocycles. The van der Waals surface area contributed by atoms with Crippen LogP contribution in [-0.2, 0) is 0 Å². The van der Waals surface area contributed by atoms with Crippen LogP contribution < -0.4 is 0 Å². The van der Waals surface area contributed by atoms with Crippen molar-refractivity contribution in [1.82, 2.24) is 4.90 Å². The minimum atomic E-state index is -0.464. The predicted molar refractivity (Wildman–Crippen MR) is 71.9 cm³/mol. The van der Waals surface area contributed by atoms with E-state index >= 15 is 0 Å². The summed E-state index contributed by atoms with van der Waals surface area (Å²) < 4.78 is 14.1. The van der Waals surface area contributed by atoms with Gasteiger partial charge in [-0.1, -0.05) is 6.07 Å². The largest absolute Gasteiger partial charge is 0.338 e. The van der Waals surface area contributed by atoms with Gasteiger partial charge in [-0.05, 0) is 40.2 Å². The first-order valence-corrected chi connectivity index (χ1v) is 7.46. The second-order valence-electron chi connectivity index (χ2n) is 3.86. The number of carbonyl (C=O) groups excluding carboxylic acids is 1. The molecule has 17 heavy (non-hydrogen) atoms. The van der Waals surface area contributed by atoms with Crippen molar-refractivity contribution in [2.45, 2.75) is 6.42 Å². The molecule has 2 nitrogen and oxygen atoms in total. The normalized spacial score (nSPS) is 16.7. The van der Waals surface area contributed by atoms with Gasteiger partial charge in [0.05, 0.1) is 10.0 Å².